The summed E-state index contributed by atoms with van der Waals surface area (Å²) in [5, 5.41) is 5.13. The summed E-state index contributed by atoms with van der Waals surface area (Å²) in [6.07, 6.45) is 0. The number of hydrogen-bond donors (Lipinski definition) is 0. The number of benzene rings is 11. The molecule has 11 aromatic rings. The number of nitrogens with zero attached hydrogens (tertiary/aromatic N) is 1. The van der Waals surface area contributed by atoms with Gasteiger partial charge in [0.15, 0.2) is 0 Å². The second-order valence-electron chi connectivity index (χ2n) is 18.2. The maximum atomic E-state index is 2.53. The molecular weight excluding hydrogens is 783 g/mol. The third-order valence-electron chi connectivity index (χ3n) is 15.4. The first-order valence-corrected chi connectivity index (χ1v) is 22.8. The molecule has 0 aromatic heterocycles. The van der Waals surface area contributed by atoms with E-state index in [9.17, 15) is 0 Å². The quantitative estimate of drug-likeness (QED) is 0.172. The third-order valence-corrected chi connectivity index (χ3v) is 15.4. The summed E-state index contributed by atoms with van der Waals surface area (Å²) in [6.45, 7) is 0. The Morgan fingerprint density at radius 3 is 1.29 bits per heavy atom. The molecule has 1 nitrogen and oxygen atoms in total. The van der Waals surface area contributed by atoms with Crippen LogP contribution in [0.3, 0.4) is 0 Å². The molecule has 4 aliphatic rings. The highest BCUT2D eigenvalue weighted by atomic mass is 15.1. The molecule has 0 saturated heterocycles. The maximum Gasteiger partial charge on any atom is 0.0732 e. The Morgan fingerprint density at radius 2 is 0.677 bits per heavy atom. The van der Waals surface area contributed by atoms with Gasteiger partial charge in [0.1, 0.15) is 0 Å². The van der Waals surface area contributed by atoms with Crippen molar-refractivity contribution in [1.29, 1.82) is 0 Å². The van der Waals surface area contributed by atoms with Crippen LogP contribution < -0.4 is 4.90 Å². The number of para-hydroxylation sites is 1. The smallest absolute Gasteiger partial charge is 0.0732 e. The number of rotatable bonds is 3. The van der Waals surface area contributed by atoms with Crippen LogP contribution in [0.25, 0.3) is 66.1 Å². The van der Waals surface area contributed by atoms with E-state index in [2.05, 4.69) is 241 Å². The molecule has 0 N–H and O–H groups in total. The fourth-order valence-corrected chi connectivity index (χ4v) is 13.1. The van der Waals surface area contributed by atoms with Crippen LogP contribution >= 0.6 is 0 Å². The molecule has 0 saturated carbocycles. The number of anilines is 3. The minimum Gasteiger partial charge on any atom is -0.310 e. The Hall–Kier alpha value is -8.26. The van der Waals surface area contributed by atoms with E-state index in [0.29, 0.717) is 0 Å². The topological polar surface area (TPSA) is 3.24 Å². The first-order valence-electron chi connectivity index (χ1n) is 22.8. The van der Waals surface area contributed by atoms with Crippen molar-refractivity contribution in [2.75, 3.05) is 4.90 Å². The van der Waals surface area contributed by atoms with Crippen LogP contribution in [0.2, 0.25) is 0 Å². The lowest BCUT2D eigenvalue weighted by Gasteiger charge is -2.34. The van der Waals surface area contributed by atoms with Gasteiger partial charge in [-0.1, -0.05) is 200 Å². The van der Waals surface area contributed by atoms with Gasteiger partial charge in [-0.3, -0.25) is 0 Å². The predicted molar refractivity (Wildman–Crippen MR) is 269 cm³/mol. The molecule has 11 aromatic carbocycles. The Morgan fingerprint density at radius 1 is 0.246 bits per heavy atom. The van der Waals surface area contributed by atoms with Crippen molar-refractivity contribution >= 4 is 38.6 Å². The lowest BCUT2D eigenvalue weighted by molar-refractivity contribution is 0.794. The van der Waals surface area contributed by atoms with Gasteiger partial charge in [-0.2, -0.15) is 0 Å². The summed E-state index contributed by atoms with van der Waals surface area (Å²) in [5.74, 6) is 0. The fraction of sp³-hybridized carbons (Fsp3) is 0.0312. The van der Waals surface area contributed by atoms with E-state index in [-0.39, 0.29) is 0 Å². The van der Waals surface area contributed by atoms with Gasteiger partial charge < -0.3 is 4.90 Å². The summed E-state index contributed by atoms with van der Waals surface area (Å²) in [6, 6.07) is 89.5. The molecule has 15 rings (SSSR count). The van der Waals surface area contributed by atoms with E-state index in [1.54, 1.807) is 0 Å². The van der Waals surface area contributed by atoms with Crippen molar-refractivity contribution in [3.05, 3.63) is 281 Å². The van der Waals surface area contributed by atoms with Crippen molar-refractivity contribution in [2.24, 2.45) is 0 Å². The summed E-state index contributed by atoms with van der Waals surface area (Å²) < 4.78 is 0. The van der Waals surface area contributed by atoms with Gasteiger partial charge in [0, 0.05) is 17.1 Å². The summed E-state index contributed by atoms with van der Waals surface area (Å²) in [7, 11) is 0. The minimum absolute atomic E-state index is 0.484. The van der Waals surface area contributed by atoms with Gasteiger partial charge in [0.25, 0.3) is 0 Å². The second kappa shape index (κ2) is 12.7. The number of fused-ring (bicyclic) bond motifs is 24. The molecule has 0 heterocycles. The van der Waals surface area contributed by atoms with Gasteiger partial charge >= 0.3 is 0 Å². The van der Waals surface area contributed by atoms with Crippen molar-refractivity contribution in [1.82, 2.24) is 0 Å². The molecule has 1 heteroatoms. The lowest BCUT2D eigenvalue weighted by Crippen LogP contribution is -2.27. The highest BCUT2D eigenvalue weighted by molar-refractivity contribution is 6.08. The van der Waals surface area contributed by atoms with E-state index in [4.69, 9.17) is 0 Å². The SMILES string of the molecule is c1ccc(N(c2ccc3c(c2)C2(c4ccccc4-c4ccccc42)c2ccc4ccccc4c2-3)c2ccc3c(c2)C2(c4ccccc4-c4ccccc42)c2c-3ccc3ccccc23)cc1. The van der Waals surface area contributed by atoms with E-state index < -0.39 is 10.8 Å². The van der Waals surface area contributed by atoms with Gasteiger partial charge in [0.05, 0.1) is 10.8 Å². The first kappa shape index (κ1) is 35.2. The van der Waals surface area contributed by atoms with Crippen LogP contribution in [0.1, 0.15) is 44.5 Å². The van der Waals surface area contributed by atoms with Crippen LogP contribution in [0.15, 0.2) is 237 Å². The average Bonchev–Trinajstić information content (AvgIpc) is 4.06. The second-order valence-corrected chi connectivity index (χ2v) is 18.2. The van der Waals surface area contributed by atoms with Crippen LogP contribution in [-0.2, 0) is 10.8 Å². The molecule has 4 aliphatic carbocycles. The maximum absolute atomic E-state index is 2.53. The molecule has 0 aliphatic heterocycles. The Balaban J connectivity index is 1.02. The zero-order valence-electron chi connectivity index (χ0n) is 35.5. The number of hydrogen-bond acceptors (Lipinski definition) is 1. The van der Waals surface area contributed by atoms with Crippen molar-refractivity contribution in [2.45, 2.75) is 10.8 Å². The normalized spacial score (nSPS) is 14.4. The van der Waals surface area contributed by atoms with Crippen LogP contribution in [0.4, 0.5) is 17.1 Å². The summed E-state index contributed by atoms with van der Waals surface area (Å²) in [4.78, 5) is 2.50. The van der Waals surface area contributed by atoms with Gasteiger partial charge in [-0.05, 0) is 147 Å². The first-order chi connectivity index (χ1) is 32.3. The molecular formula is C64H39N. The summed E-state index contributed by atoms with van der Waals surface area (Å²) in [5.41, 5.74) is 23.7. The highest BCUT2D eigenvalue weighted by Crippen LogP contribution is 2.66. The summed E-state index contributed by atoms with van der Waals surface area (Å²) >= 11 is 0. The monoisotopic (exact) mass is 821 g/mol. The Bertz CT molecular complexity index is 3760. The molecule has 2 spiro atoms. The fourth-order valence-electron chi connectivity index (χ4n) is 13.1. The van der Waals surface area contributed by atoms with Gasteiger partial charge in [0.2, 0.25) is 0 Å². The Labute approximate surface area is 378 Å². The van der Waals surface area contributed by atoms with E-state index in [1.165, 1.54) is 111 Å². The molecule has 0 fully saturated rings. The largest absolute Gasteiger partial charge is 0.310 e. The van der Waals surface area contributed by atoms with Crippen molar-refractivity contribution < 1.29 is 0 Å². The molecule has 0 bridgehead atoms. The zero-order valence-corrected chi connectivity index (χ0v) is 35.5. The van der Waals surface area contributed by atoms with Gasteiger partial charge in [-0.25, -0.2) is 0 Å². The Kier molecular flexibility index (Phi) is 6.88. The van der Waals surface area contributed by atoms with E-state index in [0.717, 1.165) is 17.1 Å². The van der Waals surface area contributed by atoms with E-state index in [1.807, 2.05) is 0 Å². The van der Waals surface area contributed by atoms with Crippen molar-refractivity contribution in [3.63, 3.8) is 0 Å². The van der Waals surface area contributed by atoms with Gasteiger partial charge in [-0.15, -0.1) is 0 Å². The van der Waals surface area contributed by atoms with Crippen LogP contribution in [-0.4, -0.2) is 0 Å². The van der Waals surface area contributed by atoms with Crippen molar-refractivity contribution in [3.8, 4) is 44.5 Å². The minimum atomic E-state index is -0.501. The zero-order chi connectivity index (χ0) is 42.4. The molecule has 0 radical (unpaired) electrons. The highest BCUT2D eigenvalue weighted by Gasteiger charge is 2.54. The standard InChI is InChI=1S/C64H39N/c1-2-18-42(19-3-1)65(43-32-35-51-52-34-30-41-17-5-7-21-46(41)62(52)64(59(51)38-43)56-28-14-10-24-49(56)50-25-11-15-29-57(50)64)44-33-36-53-60(39-44)63(58-37-31-40-16-4-6-20-45(40)61(53)58)54-26-12-8-22-47(54)48-23-9-13-27-55(48)63/h1-39H. The molecule has 0 amide bonds. The molecule has 0 unspecified atom stereocenters. The van der Waals surface area contributed by atoms with Crippen LogP contribution in [0.5, 0.6) is 0 Å². The molecule has 300 valence electrons. The van der Waals surface area contributed by atoms with E-state index >= 15 is 0 Å². The molecule has 65 heavy (non-hydrogen) atoms. The lowest BCUT2D eigenvalue weighted by atomic mass is 9.69. The average molecular weight is 822 g/mol. The van der Waals surface area contributed by atoms with Crippen LogP contribution in [0, 0.1) is 0 Å². The third kappa shape index (κ3) is 4.29. The predicted octanol–water partition coefficient (Wildman–Crippen LogP) is 16.1. The molecule has 0 atom stereocenters.